The topological polar surface area (TPSA) is 38.4 Å². The summed E-state index contributed by atoms with van der Waals surface area (Å²) in [7, 11) is 0. The molecule has 2 nitrogen and oxygen atoms in total. The van der Waals surface area contributed by atoms with E-state index in [1.54, 1.807) is 0 Å². The van der Waals surface area contributed by atoms with Crippen LogP contribution in [0.1, 0.15) is 58.8 Å². The van der Waals surface area contributed by atoms with Gasteiger partial charge in [0.1, 0.15) is 0 Å². The molecule has 0 aromatic heterocycles. The molecule has 2 unspecified atom stereocenters. The van der Waals surface area contributed by atoms with Gasteiger partial charge in [-0.3, -0.25) is 4.99 Å². The first-order valence-electron chi connectivity index (χ1n) is 6.06. The Balaban J connectivity index is 2.50. The summed E-state index contributed by atoms with van der Waals surface area (Å²) >= 11 is 0. The molecule has 14 heavy (non-hydrogen) atoms. The lowest BCUT2D eigenvalue weighted by Crippen LogP contribution is -2.20. The number of aliphatic imine (C=N–C) groups is 1. The zero-order chi connectivity index (χ0) is 10.4. The second kappa shape index (κ2) is 6.05. The van der Waals surface area contributed by atoms with E-state index in [9.17, 15) is 0 Å². The van der Waals surface area contributed by atoms with E-state index in [0.29, 0.717) is 6.04 Å². The van der Waals surface area contributed by atoms with E-state index in [4.69, 9.17) is 5.73 Å². The monoisotopic (exact) mass is 196 g/mol. The van der Waals surface area contributed by atoms with Crippen molar-refractivity contribution in [2.75, 3.05) is 0 Å². The molecule has 1 aliphatic carbocycles. The fourth-order valence-corrected chi connectivity index (χ4v) is 2.20. The third kappa shape index (κ3) is 3.69. The molecule has 0 aromatic carbocycles. The van der Waals surface area contributed by atoms with Gasteiger partial charge in [0.15, 0.2) is 0 Å². The first-order valence-corrected chi connectivity index (χ1v) is 6.06. The van der Waals surface area contributed by atoms with Crippen LogP contribution in [0.25, 0.3) is 0 Å². The largest absolute Gasteiger partial charge is 0.387 e. The van der Waals surface area contributed by atoms with Crippen LogP contribution in [0, 0.1) is 5.92 Å². The van der Waals surface area contributed by atoms with Crippen LogP contribution in [0.5, 0.6) is 0 Å². The summed E-state index contributed by atoms with van der Waals surface area (Å²) in [4.78, 5) is 4.66. The molecule has 1 fully saturated rings. The van der Waals surface area contributed by atoms with Crippen molar-refractivity contribution in [1.29, 1.82) is 0 Å². The second-order valence-corrected chi connectivity index (χ2v) is 4.55. The Bertz CT molecular complexity index is 187. The molecule has 0 spiro atoms. The number of amidine groups is 1. The minimum atomic E-state index is 0.504. The van der Waals surface area contributed by atoms with Crippen LogP contribution >= 0.6 is 0 Å². The molecule has 2 atom stereocenters. The molecule has 0 heterocycles. The van der Waals surface area contributed by atoms with Gasteiger partial charge in [-0.15, -0.1) is 0 Å². The highest BCUT2D eigenvalue weighted by Gasteiger charge is 2.18. The van der Waals surface area contributed by atoms with Crippen LogP contribution in [0.2, 0.25) is 0 Å². The Labute approximate surface area is 88.0 Å². The second-order valence-electron chi connectivity index (χ2n) is 4.55. The van der Waals surface area contributed by atoms with Crippen LogP contribution in [0.3, 0.4) is 0 Å². The molecule has 0 radical (unpaired) electrons. The van der Waals surface area contributed by atoms with Crippen molar-refractivity contribution in [3.63, 3.8) is 0 Å². The van der Waals surface area contributed by atoms with E-state index < -0.39 is 0 Å². The zero-order valence-corrected chi connectivity index (χ0v) is 9.63. The van der Waals surface area contributed by atoms with Gasteiger partial charge >= 0.3 is 0 Å². The highest BCUT2D eigenvalue weighted by atomic mass is 14.9. The molecular formula is C12H24N2. The molecule has 2 N–H and O–H groups in total. The highest BCUT2D eigenvalue weighted by molar-refractivity contribution is 5.80. The molecule has 0 bridgehead atoms. The summed E-state index contributed by atoms with van der Waals surface area (Å²) in [5.74, 6) is 1.60. The molecular weight excluding hydrogens is 172 g/mol. The van der Waals surface area contributed by atoms with Crippen molar-refractivity contribution in [2.45, 2.75) is 64.8 Å². The van der Waals surface area contributed by atoms with Crippen LogP contribution in [0.4, 0.5) is 0 Å². The van der Waals surface area contributed by atoms with E-state index in [0.717, 1.165) is 24.6 Å². The molecule has 0 amide bonds. The Kier molecular flexibility index (Phi) is 4.99. The highest BCUT2D eigenvalue weighted by Crippen LogP contribution is 2.25. The molecule has 1 aliphatic rings. The van der Waals surface area contributed by atoms with Crippen molar-refractivity contribution in [1.82, 2.24) is 0 Å². The SMILES string of the molecule is CCCC(N)=NC1CCCCCC1C. The Morgan fingerprint density at radius 1 is 1.29 bits per heavy atom. The predicted molar refractivity (Wildman–Crippen MR) is 62.6 cm³/mol. The summed E-state index contributed by atoms with van der Waals surface area (Å²) < 4.78 is 0. The molecule has 0 saturated heterocycles. The van der Waals surface area contributed by atoms with Gasteiger partial charge in [-0.1, -0.05) is 33.1 Å². The zero-order valence-electron chi connectivity index (χ0n) is 9.63. The Morgan fingerprint density at radius 3 is 2.71 bits per heavy atom. The van der Waals surface area contributed by atoms with Gasteiger partial charge in [0.25, 0.3) is 0 Å². The lowest BCUT2D eigenvalue weighted by molar-refractivity contribution is 0.433. The van der Waals surface area contributed by atoms with Crippen LogP contribution < -0.4 is 5.73 Å². The average molecular weight is 196 g/mol. The standard InChI is InChI=1S/C12H24N2/c1-3-7-12(13)14-11-9-6-4-5-8-10(11)2/h10-11H,3-9H2,1-2H3,(H2,13,14). The fraction of sp³-hybridized carbons (Fsp3) is 0.917. The molecule has 1 rings (SSSR count). The quantitative estimate of drug-likeness (QED) is 0.420. The van der Waals surface area contributed by atoms with Gasteiger partial charge in [-0.2, -0.15) is 0 Å². The third-order valence-corrected chi connectivity index (χ3v) is 3.15. The van der Waals surface area contributed by atoms with E-state index in [1.807, 2.05) is 0 Å². The van der Waals surface area contributed by atoms with Gasteiger partial charge in [-0.25, -0.2) is 0 Å². The lowest BCUT2D eigenvalue weighted by atomic mass is 9.97. The summed E-state index contributed by atoms with van der Waals surface area (Å²) in [5.41, 5.74) is 5.88. The summed E-state index contributed by atoms with van der Waals surface area (Å²) in [6.45, 7) is 4.47. The summed E-state index contributed by atoms with van der Waals surface area (Å²) in [5, 5.41) is 0. The van der Waals surface area contributed by atoms with Gasteiger partial charge in [0, 0.05) is 6.42 Å². The van der Waals surface area contributed by atoms with Crippen LogP contribution in [0.15, 0.2) is 4.99 Å². The van der Waals surface area contributed by atoms with Crippen LogP contribution in [-0.2, 0) is 0 Å². The molecule has 82 valence electrons. The minimum Gasteiger partial charge on any atom is -0.387 e. The first-order chi connectivity index (χ1) is 6.74. The lowest BCUT2D eigenvalue weighted by Gasteiger charge is -2.17. The van der Waals surface area contributed by atoms with Crippen molar-refractivity contribution in [2.24, 2.45) is 16.6 Å². The number of rotatable bonds is 3. The maximum absolute atomic E-state index is 5.88. The number of hydrogen-bond acceptors (Lipinski definition) is 1. The third-order valence-electron chi connectivity index (χ3n) is 3.15. The number of nitrogens with two attached hydrogens (primary N) is 1. The maximum Gasteiger partial charge on any atom is 0.0940 e. The van der Waals surface area contributed by atoms with Gasteiger partial charge in [0.05, 0.1) is 11.9 Å². The first kappa shape index (κ1) is 11.5. The maximum atomic E-state index is 5.88. The summed E-state index contributed by atoms with van der Waals surface area (Å²) in [6.07, 6.45) is 8.72. The predicted octanol–water partition coefficient (Wildman–Crippen LogP) is 3.11. The van der Waals surface area contributed by atoms with Crippen molar-refractivity contribution in [3.8, 4) is 0 Å². The van der Waals surface area contributed by atoms with E-state index in [1.165, 1.54) is 32.1 Å². The minimum absolute atomic E-state index is 0.504. The molecule has 1 saturated carbocycles. The van der Waals surface area contributed by atoms with Crippen molar-refractivity contribution >= 4 is 5.84 Å². The molecule has 0 aromatic rings. The smallest absolute Gasteiger partial charge is 0.0940 e. The fourth-order valence-electron chi connectivity index (χ4n) is 2.20. The van der Waals surface area contributed by atoms with E-state index >= 15 is 0 Å². The number of nitrogens with zero attached hydrogens (tertiary/aromatic N) is 1. The average Bonchev–Trinajstić information content (AvgIpc) is 2.33. The summed E-state index contributed by atoms with van der Waals surface area (Å²) in [6, 6.07) is 0.504. The van der Waals surface area contributed by atoms with Crippen LogP contribution in [-0.4, -0.2) is 11.9 Å². The van der Waals surface area contributed by atoms with Crippen molar-refractivity contribution in [3.05, 3.63) is 0 Å². The van der Waals surface area contributed by atoms with Crippen molar-refractivity contribution < 1.29 is 0 Å². The Hall–Kier alpha value is -0.530. The normalized spacial score (nSPS) is 30.0. The molecule has 2 heteroatoms. The van der Waals surface area contributed by atoms with E-state index in [2.05, 4.69) is 18.8 Å². The van der Waals surface area contributed by atoms with Gasteiger partial charge in [0.2, 0.25) is 0 Å². The Morgan fingerprint density at radius 2 is 2.00 bits per heavy atom. The molecule has 0 aliphatic heterocycles. The van der Waals surface area contributed by atoms with Gasteiger partial charge in [-0.05, 0) is 25.2 Å². The van der Waals surface area contributed by atoms with E-state index in [-0.39, 0.29) is 0 Å². The van der Waals surface area contributed by atoms with Gasteiger partial charge < -0.3 is 5.73 Å². The number of hydrogen-bond donors (Lipinski definition) is 1.